The van der Waals surface area contributed by atoms with Crippen LogP contribution in [0.2, 0.25) is 5.02 Å². The third-order valence-electron chi connectivity index (χ3n) is 6.60. The fraction of sp³-hybridized carbons (Fsp3) is 0.320. The maximum atomic E-state index is 12.7. The molecule has 0 radical (unpaired) electrons. The molecule has 1 saturated heterocycles. The molecule has 36 heavy (non-hydrogen) atoms. The van der Waals surface area contributed by atoms with Gasteiger partial charge in [0.15, 0.2) is 0 Å². The minimum Gasteiger partial charge on any atom is -0.391 e. The molecule has 2 fully saturated rings. The molecular weight excluding hydrogens is 482 g/mol. The number of imidazole rings is 1. The first-order chi connectivity index (χ1) is 17.4. The maximum Gasteiger partial charge on any atom is 0.422 e. The van der Waals surface area contributed by atoms with Gasteiger partial charge in [0.05, 0.1) is 17.8 Å². The van der Waals surface area contributed by atoms with Gasteiger partial charge in [0.1, 0.15) is 23.6 Å². The molecule has 2 atom stereocenters. The number of amides is 1. The van der Waals surface area contributed by atoms with Gasteiger partial charge in [-0.25, -0.2) is 24.7 Å². The summed E-state index contributed by atoms with van der Waals surface area (Å²) >= 11 is 5.95. The van der Waals surface area contributed by atoms with Crippen molar-refractivity contribution in [1.82, 2.24) is 24.3 Å². The van der Waals surface area contributed by atoms with E-state index in [9.17, 15) is 9.90 Å². The molecule has 0 bridgehead atoms. The van der Waals surface area contributed by atoms with E-state index >= 15 is 0 Å². The highest BCUT2D eigenvalue weighted by molar-refractivity contribution is 6.30. The van der Waals surface area contributed by atoms with Crippen molar-refractivity contribution in [1.29, 1.82) is 0 Å². The van der Waals surface area contributed by atoms with E-state index < -0.39 is 12.2 Å². The summed E-state index contributed by atoms with van der Waals surface area (Å²) in [6.07, 6.45) is 8.83. The number of ether oxygens (including phenoxy) is 1. The number of nitrogens with zero attached hydrogens (tertiary/aromatic N) is 7. The molecule has 10 nitrogen and oxygen atoms in total. The molecule has 1 amide bonds. The van der Waals surface area contributed by atoms with Crippen molar-refractivity contribution in [2.24, 2.45) is 0 Å². The third-order valence-corrected chi connectivity index (χ3v) is 6.84. The number of aromatic nitrogens is 5. The summed E-state index contributed by atoms with van der Waals surface area (Å²) < 4.78 is 7.37. The van der Waals surface area contributed by atoms with Crippen molar-refractivity contribution >= 4 is 35.0 Å². The number of aliphatic hydroxyl groups is 1. The van der Waals surface area contributed by atoms with E-state index in [1.807, 2.05) is 17.2 Å². The Morgan fingerprint density at radius 3 is 2.83 bits per heavy atom. The van der Waals surface area contributed by atoms with Gasteiger partial charge < -0.3 is 19.1 Å². The van der Waals surface area contributed by atoms with E-state index in [-0.39, 0.29) is 11.9 Å². The number of carbonyl (C=O) groups excluding carboxylic acids is 1. The summed E-state index contributed by atoms with van der Waals surface area (Å²) in [4.78, 5) is 33.4. The highest BCUT2D eigenvalue weighted by atomic mass is 35.5. The highest BCUT2D eigenvalue weighted by Crippen LogP contribution is 2.40. The van der Waals surface area contributed by atoms with Crippen LogP contribution in [0.5, 0.6) is 5.88 Å². The number of aliphatic hydroxyl groups excluding tert-OH is 1. The van der Waals surface area contributed by atoms with E-state index in [0.29, 0.717) is 35.5 Å². The number of pyridine rings is 2. The summed E-state index contributed by atoms with van der Waals surface area (Å²) in [5.74, 6) is 1.67. The van der Waals surface area contributed by atoms with Gasteiger partial charge in [0, 0.05) is 55.8 Å². The molecule has 6 rings (SSSR count). The Labute approximate surface area is 212 Å². The molecule has 1 saturated carbocycles. The lowest BCUT2D eigenvalue weighted by Gasteiger charge is -2.25. The average Bonchev–Trinajstić information content (AvgIpc) is 3.52. The van der Waals surface area contributed by atoms with Crippen molar-refractivity contribution < 1.29 is 14.6 Å². The van der Waals surface area contributed by atoms with Crippen LogP contribution >= 0.6 is 11.6 Å². The summed E-state index contributed by atoms with van der Waals surface area (Å²) in [6, 6.07) is 8.77. The van der Waals surface area contributed by atoms with Gasteiger partial charge in [-0.3, -0.25) is 4.90 Å². The number of anilines is 2. The topological polar surface area (TPSA) is 109 Å². The zero-order valence-electron chi connectivity index (χ0n) is 19.5. The quantitative estimate of drug-likeness (QED) is 0.433. The number of β-amino-alcohol motifs (C(OH)–C–C–N with tert-alkyl or cyclic N) is 1. The first-order valence-electron chi connectivity index (χ1n) is 11.8. The number of halogens is 1. The number of fused-ring (bicyclic) bond motifs is 1. The molecule has 11 heteroatoms. The smallest absolute Gasteiger partial charge is 0.391 e. The molecule has 5 heterocycles. The van der Waals surface area contributed by atoms with Gasteiger partial charge in [0.2, 0.25) is 5.88 Å². The van der Waals surface area contributed by atoms with Crippen LogP contribution in [0.1, 0.15) is 42.5 Å². The Morgan fingerprint density at radius 2 is 2.03 bits per heavy atom. The molecule has 0 unspecified atom stereocenters. The second kappa shape index (κ2) is 9.03. The fourth-order valence-corrected chi connectivity index (χ4v) is 4.71. The van der Waals surface area contributed by atoms with Crippen molar-refractivity contribution in [2.45, 2.75) is 37.3 Å². The van der Waals surface area contributed by atoms with Crippen molar-refractivity contribution in [3.63, 3.8) is 0 Å². The fourth-order valence-electron chi connectivity index (χ4n) is 4.56. The molecule has 2 aliphatic rings. The molecule has 4 aromatic heterocycles. The van der Waals surface area contributed by atoms with Crippen molar-refractivity contribution in [3.8, 4) is 5.88 Å². The molecule has 1 N–H and O–H groups in total. The first-order valence-corrected chi connectivity index (χ1v) is 12.1. The van der Waals surface area contributed by atoms with Crippen LogP contribution in [0.25, 0.3) is 5.65 Å². The van der Waals surface area contributed by atoms with Crippen LogP contribution in [0.4, 0.5) is 16.4 Å². The summed E-state index contributed by atoms with van der Waals surface area (Å²) in [5, 5.41) is 10.9. The van der Waals surface area contributed by atoms with E-state index in [4.69, 9.17) is 21.3 Å². The Bertz CT molecular complexity index is 1440. The monoisotopic (exact) mass is 505 g/mol. The number of hydrogen-bond donors (Lipinski definition) is 1. The second-order valence-electron chi connectivity index (χ2n) is 9.20. The van der Waals surface area contributed by atoms with Crippen LogP contribution in [0, 0.1) is 0 Å². The normalized spacial score (nSPS) is 19.6. The van der Waals surface area contributed by atoms with Crippen LogP contribution in [-0.2, 0) is 0 Å². The Hall–Kier alpha value is -3.76. The number of rotatable bonds is 5. The lowest BCUT2D eigenvalue weighted by molar-refractivity contribution is 0.194. The van der Waals surface area contributed by atoms with Gasteiger partial charge in [0.25, 0.3) is 0 Å². The standard InChI is InChI=1S/C25H24ClN7O3/c1-31(25(35)36-24-8-17(26)6-7-27-24)22-10-23(29-14-28-22)33-12-18(34)9-20(33)19-13-32-11-16(15-2-3-15)4-5-21(32)30-19/h4-8,10-11,13-15,18,20,34H,2-3,9,12H2,1H3/t18-,20+/m0/s1. The van der Waals surface area contributed by atoms with Gasteiger partial charge in [-0.2, -0.15) is 0 Å². The van der Waals surface area contributed by atoms with Gasteiger partial charge in [-0.1, -0.05) is 17.7 Å². The highest BCUT2D eigenvalue weighted by Gasteiger charge is 2.35. The van der Waals surface area contributed by atoms with Gasteiger partial charge >= 0.3 is 6.09 Å². The number of hydrogen-bond acceptors (Lipinski definition) is 8. The lowest BCUT2D eigenvalue weighted by Crippen LogP contribution is -2.31. The molecule has 0 aromatic carbocycles. The molecular formula is C25H24ClN7O3. The van der Waals surface area contributed by atoms with Gasteiger partial charge in [-0.15, -0.1) is 0 Å². The van der Waals surface area contributed by atoms with Crippen LogP contribution in [-0.4, -0.2) is 55.2 Å². The summed E-state index contributed by atoms with van der Waals surface area (Å²) in [5.41, 5.74) is 3.06. The molecule has 1 aliphatic heterocycles. The molecule has 1 aliphatic carbocycles. The van der Waals surface area contributed by atoms with Crippen LogP contribution in [0.3, 0.4) is 0 Å². The summed E-state index contributed by atoms with van der Waals surface area (Å²) in [7, 11) is 1.55. The number of carbonyl (C=O) groups is 1. The van der Waals surface area contributed by atoms with E-state index in [1.165, 1.54) is 41.9 Å². The molecule has 4 aromatic rings. The maximum absolute atomic E-state index is 12.7. The minimum atomic E-state index is -0.667. The van der Waals surface area contributed by atoms with Crippen molar-refractivity contribution in [2.75, 3.05) is 23.4 Å². The Balaban J connectivity index is 1.25. The molecule has 184 valence electrons. The zero-order chi connectivity index (χ0) is 24.8. The second-order valence-corrected chi connectivity index (χ2v) is 9.64. The first kappa shape index (κ1) is 22.7. The van der Waals surface area contributed by atoms with E-state index in [2.05, 4.69) is 31.6 Å². The largest absolute Gasteiger partial charge is 0.422 e. The minimum absolute atomic E-state index is 0.0908. The SMILES string of the molecule is CN(C(=O)Oc1cc(Cl)ccn1)c1cc(N2C[C@@H](O)C[C@@H]2c2cn3cc(C4CC4)ccc3n2)ncn1. The van der Waals surface area contributed by atoms with Gasteiger partial charge in [-0.05, 0) is 36.5 Å². The predicted molar refractivity (Wildman–Crippen MR) is 134 cm³/mol. The summed E-state index contributed by atoms with van der Waals surface area (Å²) in [6.45, 7) is 0.392. The Morgan fingerprint density at radius 1 is 1.17 bits per heavy atom. The van der Waals surface area contributed by atoms with Crippen LogP contribution in [0.15, 0.2) is 55.2 Å². The average molecular weight is 506 g/mol. The van der Waals surface area contributed by atoms with Crippen LogP contribution < -0.4 is 14.5 Å². The Kier molecular flexibility index (Phi) is 5.69. The zero-order valence-corrected chi connectivity index (χ0v) is 20.3. The van der Waals surface area contributed by atoms with E-state index in [1.54, 1.807) is 19.2 Å². The van der Waals surface area contributed by atoms with Crippen molar-refractivity contribution in [3.05, 3.63) is 71.5 Å². The third kappa shape index (κ3) is 4.45. The predicted octanol–water partition coefficient (Wildman–Crippen LogP) is 4.00. The van der Waals surface area contributed by atoms with E-state index in [0.717, 1.165) is 11.3 Å². The lowest BCUT2D eigenvalue weighted by atomic mass is 10.1. The molecule has 0 spiro atoms.